The number of aromatic nitrogens is 2. The molecule has 3 N–H and O–H groups in total. The van der Waals surface area contributed by atoms with Gasteiger partial charge >= 0.3 is 5.97 Å². The van der Waals surface area contributed by atoms with Gasteiger partial charge in [-0.05, 0) is 12.1 Å². The largest absolute Gasteiger partial charge is 0.494 e. The maximum Gasteiger partial charge on any atom is 0.340 e. The second-order valence-electron chi connectivity index (χ2n) is 6.72. The van der Waals surface area contributed by atoms with Crippen molar-refractivity contribution in [1.82, 2.24) is 9.55 Å². The lowest BCUT2D eigenvalue weighted by Crippen LogP contribution is -2.32. The summed E-state index contributed by atoms with van der Waals surface area (Å²) in [6.45, 7) is -0.0245. The Labute approximate surface area is 156 Å². The highest BCUT2D eigenvalue weighted by Gasteiger charge is 2.34. The molecular formula is C19H14FN3O5. The summed E-state index contributed by atoms with van der Waals surface area (Å²) in [4.78, 5) is 29.1. The summed E-state index contributed by atoms with van der Waals surface area (Å²) in [5, 5.41) is 10.6. The number of rotatable bonds is 1. The Morgan fingerprint density at radius 2 is 2.11 bits per heavy atom. The molecule has 8 nitrogen and oxygen atoms in total. The van der Waals surface area contributed by atoms with Crippen molar-refractivity contribution in [3.63, 3.8) is 0 Å². The summed E-state index contributed by atoms with van der Waals surface area (Å²) in [5.74, 6) is -1.35. The molecule has 0 saturated heterocycles. The van der Waals surface area contributed by atoms with Crippen molar-refractivity contribution < 1.29 is 23.8 Å². The molecule has 0 bridgehead atoms. The van der Waals surface area contributed by atoms with Crippen molar-refractivity contribution >= 4 is 22.6 Å². The Balaban J connectivity index is 1.80. The quantitative estimate of drug-likeness (QED) is 0.475. The Kier molecular flexibility index (Phi) is 3.29. The number of esters is 1. The molecule has 142 valence electrons. The van der Waals surface area contributed by atoms with E-state index in [9.17, 15) is 19.1 Å². The van der Waals surface area contributed by atoms with Gasteiger partial charge in [0, 0.05) is 28.3 Å². The third kappa shape index (κ3) is 2.04. The molecule has 0 radical (unpaired) electrons. The number of methoxy groups -OCH3 is 1. The number of aliphatic hydroxyl groups is 1. The minimum Gasteiger partial charge on any atom is -0.494 e. The van der Waals surface area contributed by atoms with Gasteiger partial charge in [-0.1, -0.05) is 0 Å². The van der Waals surface area contributed by atoms with E-state index in [2.05, 4.69) is 4.98 Å². The van der Waals surface area contributed by atoms with Gasteiger partial charge in [0.25, 0.3) is 5.56 Å². The van der Waals surface area contributed by atoms with E-state index in [0.29, 0.717) is 33.5 Å². The van der Waals surface area contributed by atoms with Gasteiger partial charge in [-0.2, -0.15) is 0 Å². The van der Waals surface area contributed by atoms with Crippen LogP contribution >= 0.6 is 0 Å². The van der Waals surface area contributed by atoms with Crippen LogP contribution in [-0.2, 0) is 22.7 Å². The molecule has 2 aliphatic rings. The Bertz CT molecular complexity index is 1270. The number of cyclic esters (lactones) is 1. The van der Waals surface area contributed by atoms with Gasteiger partial charge in [0.1, 0.15) is 6.61 Å². The minimum atomic E-state index is -1.54. The second kappa shape index (κ2) is 5.52. The predicted octanol–water partition coefficient (Wildman–Crippen LogP) is 1.25. The molecule has 28 heavy (non-hydrogen) atoms. The van der Waals surface area contributed by atoms with E-state index in [4.69, 9.17) is 15.2 Å². The molecule has 2 aliphatic heterocycles. The van der Waals surface area contributed by atoms with E-state index < -0.39 is 17.9 Å². The first-order valence-corrected chi connectivity index (χ1v) is 8.48. The smallest absolute Gasteiger partial charge is 0.340 e. The van der Waals surface area contributed by atoms with Crippen LogP contribution in [0.3, 0.4) is 0 Å². The molecule has 0 amide bonds. The standard InChI is InChI=1S/C19H14FN3O5/c1-27-14-3-8-12(4-11(14)20)22-16-9(15(8)21)5-23-13(16)2-7-10(18(23)25)6-28-19(26)17(7)24/h2-4,17,24H,5-6H2,1H3,(H2,21,22). The molecule has 2 aromatic heterocycles. The summed E-state index contributed by atoms with van der Waals surface area (Å²) in [7, 11) is 1.36. The average Bonchev–Trinajstić information content (AvgIpc) is 3.04. The number of pyridine rings is 2. The summed E-state index contributed by atoms with van der Waals surface area (Å²) in [6, 6.07) is 4.24. The van der Waals surface area contributed by atoms with Crippen LogP contribution in [-0.4, -0.2) is 27.7 Å². The fourth-order valence-electron chi connectivity index (χ4n) is 3.82. The van der Waals surface area contributed by atoms with Crippen LogP contribution in [0.5, 0.6) is 5.75 Å². The van der Waals surface area contributed by atoms with Crippen molar-refractivity contribution in [1.29, 1.82) is 0 Å². The highest BCUT2D eigenvalue weighted by Crippen LogP contribution is 2.40. The second-order valence-corrected chi connectivity index (χ2v) is 6.72. The van der Waals surface area contributed by atoms with E-state index in [-0.39, 0.29) is 35.6 Å². The van der Waals surface area contributed by atoms with Gasteiger partial charge in [0.05, 0.1) is 36.1 Å². The maximum atomic E-state index is 14.1. The van der Waals surface area contributed by atoms with Crippen molar-refractivity contribution in [3.8, 4) is 17.1 Å². The van der Waals surface area contributed by atoms with Crippen LogP contribution in [0.1, 0.15) is 22.8 Å². The number of nitrogens with zero attached hydrogens (tertiary/aromatic N) is 2. The van der Waals surface area contributed by atoms with Crippen molar-refractivity contribution in [3.05, 3.63) is 51.1 Å². The number of benzene rings is 1. The highest BCUT2D eigenvalue weighted by molar-refractivity contribution is 5.96. The van der Waals surface area contributed by atoms with Gasteiger partial charge < -0.3 is 24.9 Å². The van der Waals surface area contributed by atoms with Crippen LogP contribution in [0.4, 0.5) is 10.1 Å². The first-order chi connectivity index (χ1) is 13.4. The van der Waals surface area contributed by atoms with Gasteiger partial charge in [-0.3, -0.25) is 4.79 Å². The lowest BCUT2D eigenvalue weighted by molar-refractivity contribution is -0.157. The zero-order valence-electron chi connectivity index (χ0n) is 14.7. The van der Waals surface area contributed by atoms with Gasteiger partial charge in [0.15, 0.2) is 17.7 Å². The zero-order chi connectivity index (χ0) is 19.7. The number of ether oxygens (including phenoxy) is 2. The molecule has 1 unspecified atom stereocenters. The van der Waals surface area contributed by atoms with Crippen molar-refractivity contribution in [2.45, 2.75) is 19.3 Å². The predicted molar refractivity (Wildman–Crippen MR) is 96.2 cm³/mol. The van der Waals surface area contributed by atoms with E-state index in [1.807, 2.05) is 0 Å². The molecule has 0 saturated carbocycles. The van der Waals surface area contributed by atoms with E-state index in [1.54, 1.807) is 6.07 Å². The summed E-state index contributed by atoms with van der Waals surface area (Å²) in [5.41, 5.74) is 8.47. The number of carbonyl (C=O) groups is 1. The number of halogens is 1. The Morgan fingerprint density at radius 3 is 2.86 bits per heavy atom. The normalized spacial score (nSPS) is 17.1. The van der Waals surface area contributed by atoms with E-state index in [1.165, 1.54) is 23.8 Å². The number of carbonyl (C=O) groups excluding carboxylic acids is 1. The van der Waals surface area contributed by atoms with Gasteiger partial charge in [-0.25, -0.2) is 14.2 Å². The lowest BCUT2D eigenvalue weighted by atomic mass is 10.00. The topological polar surface area (TPSA) is 117 Å². The van der Waals surface area contributed by atoms with Gasteiger partial charge in [0.2, 0.25) is 0 Å². The molecule has 9 heteroatoms. The minimum absolute atomic E-state index is 0.0443. The molecule has 1 atom stereocenters. The molecule has 3 aromatic rings. The fraction of sp³-hybridized carbons (Fsp3) is 0.211. The third-order valence-electron chi connectivity index (χ3n) is 5.27. The molecule has 0 fully saturated rings. The lowest BCUT2D eigenvalue weighted by Gasteiger charge is -2.21. The fourth-order valence-corrected chi connectivity index (χ4v) is 3.82. The zero-order valence-corrected chi connectivity index (χ0v) is 14.7. The van der Waals surface area contributed by atoms with E-state index in [0.717, 1.165) is 0 Å². The van der Waals surface area contributed by atoms with Crippen LogP contribution in [0.2, 0.25) is 0 Å². The van der Waals surface area contributed by atoms with Crippen LogP contribution in [0.15, 0.2) is 23.0 Å². The number of anilines is 1. The van der Waals surface area contributed by atoms with Crippen molar-refractivity contribution in [2.24, 2.45) is 0 Å². The molecule has 4 heterocycles. The maximum absolute atomic E-state index is 14.1. The summed E-state index contributed by atoms with van der Waals surface area (Å²) >= 11 is 0. The number of nitrogen functional groups attached to an aromatic ring is 1. The SMILES string of the molecule is COc1cc2c(N)c3c(nc2cc1F)-c1cc2c(c(=O)n1C3)COC(=O)C2O. The molecular weight excluding hydrogens is 369 g/mol. The molecule has 5 rings (SSSR count). The van der Waals surface area contributed by atoms with Gasteiger partial charge in [-0.15, -0.1) is 0 Å². The Hall–Kier alpha value is -3.46. The number of aliphatic hydroxyl groups excluding tert-OH is 1. The molecule has 0 spiro atoms. The number of hydrogen-bond acceptors (Lipinski definition) is 7. The summed E-state index contributed by atoms with van der Waals surface area (Å²) in [6.07, 6.45) is -1.54. The first-order valence-electron chi connectivity index (χ1n) is 8.48. The number of nitrogens with two attached hydrogens (primary N) is 1. The average molecular weight is 383 g/mol. The Morgan fingerprint density at radius 1 is 1.32 bits per heavy atom. The number of hydrogen-bond donors (Lipinski definition) is 2. The van der Waals surface area contributed by atoms with Crippen LogP contribution < -0.4 is 16.0 Å². The third-order valence-corrected chi connectivity index (χ3v) is 5.27. The number of fused-ring (bicyclic) bond motifs is 5. The monoisotopic (exact) mass is 383 g/mol. The van der Waals surface area contributed by atoms with Crippen LogP contribution in [0.25, 0.3) is 22.3 Å². The molecule has 1 aromatic carbocycles. The molecule has 0 aliphatic carbocycles. The van der Waals surface area contributed by atoms with Crippen LogP contribution in [0, 0.1) is 5.82 Å². The van der Waals surface area contributed by atoms with E-state index >= 15 is 0 Å². The highest BCUT2D eigenvalue weighted by atomic mass is 19.1. The van der Waals surface area contributed by atoms with Crippen molar-refractivity contribution in [2.75, 3.05) is 12.8 Å². The summed E-state index contributed by atoms with van der Waals surface area (Å²) < 4.78 is 25.5. The first kappa shape index (κ1) is 16.7.